The Bertz CT molecular complexity index is 1130. The molecular formula is C35H55ClN4O4. The lowest BCUT2D eigenvalue weighted by Gasteiger charge is -2.41. The van der Waals surface area contributed by atoms with Crippen LogP contribution in [0.2, 0.25) is 5.02 Å². The van der Waals surface area contributed by atoms with E-state index in [1.807, 2.05) is 31.0 Å². The second-order valence-corrected chi connectivity index (χ2v) is 15.4. The minimum atomic E-state index is -0.835. The summed E-state index contributed by atoms with van der Waals surface area (Å²) < 4.78 is 5.92. The van der Waals surface area contributed by atoms with Crippen LogP contribution in [0.25, 0.3) is 0 Å². The maximum atomic E-state index is 14.1. The summed E-state index contributed by atoms with van der Waals surface area (Å²) in [6, 6.07) is 7.51. The predicted octanol–water partition coefficient (Wildman–Crippen LogP) is 4.98. The number of aliphatic hydroxyl groups excluding tert-OH is 1. The van der Waals surface area contributed by atoms with Crippen molar-refractivity contribution < 1.29 is 19.4 Å². The van der Waals surface area contributed by atoms with Crippen LogP contribution in [0.4, 0.5) is 0 Å². The molecule has 1 saturated carbocycles. The second kappa shape index (κ2) is 14.0. The quantitative estimate of drug-likeness (QED) is 0.437. The number of benzene rings is 1. The molecule has 44 heavy (non-hydrogen) atoms. The van der Waals surface area contributed by atoms with Gasteiger partial charge in [0, 0.05) is 74.3 Å². The van der Waals surface area contributed by atoms with Gasteiger partial charge in [0.05, 0.1) is 6.04 Å². The zero-order chi connectivity index (χ0) is 31.8. The molecule has 8 nitrogen and oxygen atoms in total. The number of hydrogen-bond acceptors (Lipinski definition) is 6. The summed E-state index contributed by atoms with van der Waals surface area (Å²) in [6.07, 6.45) is 5.13. The number of halogens is 1. The summed E-state index contributed by atoms with van der Waals surface area (Å²) in [4.78, 5) is 36.5. The van der Waals surface area contributed by atoms with Gasteiger partial charge >= 0.3 is 0 Å². The summed E-state index contributed by atoms with van der Waals surface area (Å²) in [5.41, 5.74) is 1.09. The van der Waals surface area contributed by atoms with E-state index in [-0.39, 0.29) is 41.3 Å². The molecule has 3 heterocycles. The Kier molecular flexibility index (Phi) is 10.7. The number of rotatable bonds is 8. The van der Waals surface area contributed by atoms with E-state index in [2.05, 4.69) is 49.6 Å². The summed E-state index contributed by atoms with van der Waals surface area (Å²) in [5.74, 6) is 0.749. The zero-order valence-electron chi connectivity index (χ0n) is 27.8. The third kappa shape index (κ3) is 7.15. The van der Waals surface area contributed by atoms with Crippen LogP contribution in [-0.2, 0) is 14.3 Å². The minimum Gasteiger partial charge on any atom is -0.378 e. The number of amides is 2. The van der Waals surface area contributed by atoms with Crippen LogP contribution in [0.15, 0.2) is 24.3 Å². The molecule has 0 bridgehead atoms. The molecule has 1 N–H and O–H groups in total. The number of likely N-dealkylation sites (tertiary alicyclic amines) is 2. The first-order valence-corrected chi connectivity index (χ1v) is 17.4. The van der Waals surface area contributed by atoms with Gasteiger partial charge in [0.15, 0.2) is 0 Å². The number of aliphatic hydroxyl groups is 1. The van der Waals surface area contributed by atoms with Crippen molar-refractivity contribution in [3.63, 3.8) is 0 Å². The molecule has 1 aromatic carbocycles. The Morgan fingerprint density at radius 3 is 2.30 bits per heavy atom. The molecule has 0 radical (unpaired) electrons. The fourth-order valence-corrected chi connectivity index (χ4v) is 8.22. The molecule has 1 aliphatic carbocycles. The van der Waals surface area contributed by atoms with E-state index in [0.717, 1.165) is 57.2 Å². The van der Waals surface area contributed by atoms with Crippen LogP contribution < -0.4 is 0 Å². The highest BCUT2D eigenvalue weighted by molar-refractivity contribution is 6.30. The summed E-state index contributed by atoms with van der Waals surface area (Å²) in [5, 5.41) is 13.1. The molecule has 0 aromatic heterocycles. The highest BCUT2D eigenvalue weighted by Gasteiger charge is 2.51. The molecule has 3 aliphatic heterocycles. The topological polar surface area (TPSA) is 76.6 Å². The van der Waals surface area contributed by atoms with Crippen molar-refractivity contribution in [1.29, 1.82) is 0 Å². The fourth-order valence-electron chi connectivity index (χ4n) is 8.09. The van der Waals surface area contributed by atoms with Crippen LogP contribution in [0.1, 0.15) is 91.0 Å². The van der Waals surface area contributed by atoms with E-state index in [1.54, 1.807) is 4.90 Å². The Labute approximate surface area is 270 Å². The maximum Gasteiger partial charge on any atom is 0.252 e. The van der Waals surface area contributed by atoms with Gasteiger partial charge < -0.3 is 19.6 Å². The molecule has 1 unspecified atom stereocenters. The largest absolute Gasteiger partial charge is 0.378 e. The van der Waals surface area contributed by atoms with Crippen LogP contribution in [-0.4, -0.2) is 112 Å². The molecule has 4 aliphatic rings. The van der Waals surface area contributed by atoms with Gasteiger partial charge in [0.1, 0.15) is 12.3 Å². The van der Waals surface area contributed by atoms with Gasteiger partial charge in [-0.2, -0.15) is 0 Å². The van der Waals surface area contributed by atoms with Crippen molar-refractivity contribution in [1.82, 2.24) is 19.6 Å². The molecule has 1 aromatic rings. The summed E-state index contributed by atoms with van der Waals surface area (Å²) in [7, 11) is 1.84. The van der Waals surface area contributed by atoms with Gasteiger partial charge in [0.2, 0.25) is 5.91 Å². The van der Waals surface area contributed by atoms with Gasteiger partial charge in [0.25, 0.3) is 5.91 Å². The SMILES string of the molecule is CCN(C)C(=O)[C@@H]1C[C@H](N(C(=O)[C@@H]2CCCO2)C2CCC(C)CC2)CN1C(O)[C@@H]1CN(C(C)(C)C)C[C@H]1c1ccc(Cl)cc1. The molecule has 4 fully saturated rings. The second-order valence-electron chi connectivity index (χ2n) is 14.9. The Morgan fingerprint density at radius 2 is 1.70 bits per heavy atom. The summed E-state index contributed by atoms with van der Waals surface area (Å²) >= 11 is 6.26. The Balaban J connectivity index is 1.47. The first-order chi connectivity index (χ1) is 20.9. The number of nitrogens with zero attached hydrogens (tertiary/aromatic N) is 4. The fraction of sp³-hybridized carbons (Fsp3) is 0.771. The smallest absolute Gasteiger partial charge is 0.252 e. The zero-order valence-corrected chi connectivity index (χ0v) is 28.5. The van der Waals surface area contributed by atoms with E-state index >= 15 is 0 Å². The normalized spacial score (nSPS) is 32.6. The van der Waals surface area contributed by atoms with Crippen molar-refractivity contribution in [2.75, 3.05) is 39.8 Å². The lowest BCUT2D eigenvalue weighted by molar-refractivity contribution is -0.147. The minimum absolute atomic E-state index is 0.0181. The van der Waals surface area contributed by atoms with E-state index in [9.17, 15) is 14.7 Å². The lowest BCUT2D eigenvalue weighted by atomic mass is 9.85. The first kappa shape index (κ1) is 33.6. The number of ether oxygens (including phenoxy) is 1. The van der Waals surface area contributed by atoms with Crippen LogP contribution >= 0.6 is 11.6 Å². The van der Waals surface area contributed by atoms with Crippen molar-refractivity contribution in [3.8, 4) is 0 Å². The van der Waals surface area contributed by atoms with Crippen LogP contribution in [0.3, 0.4) is 0 Å². The van der Waals surface area contributed by atoms with Crippen LogP contribution in [0.5, 0.6) is 0 Å². The molecule has 3 saturated heterocycles. The van der Waals surface area contributed by atoms with Gasteiger partial charge in [-0.25, -0.2) is 0 Å². The average molecular weight is 631 g/mol. The van der Waals surface area contributed by atoms with Gasteiger partial charge in [-0.3, -0.25) is 19.4 Å². The van der Waals surface area contributed by atoms with Gasteiger partial charge in [-0.05, 0) is 96.3 Å². The Morgan fingerprint density at radius 1 is 1.02 bits per heavy atom. The standard InChI is InChI=1S/C35H55ClN4O4/c1-7-37(6)33(42)30-19-27(40(26-16-10-23(2)11-17-26)34(43)31-9-8-18-44-31)20-39(30)32(41)29-22-38(35(3,4)5)21-28(29)24-12-14-25(36)15-13-24/h12-15,23,26-32,41H,7-11,16-22H2,1-6H3/t23?,26?,27-,28-,29+,30-,31-,32?/m0/s1. The number of likely N-dealkylation sites (N-methyl/N-ethyl adjacent to an activating group) is 1. The first-order valence-electron chi connectivity index (χ1n) is 17.0. The van der Waals surface area contributed by atoms with Crippen molar-refractivity contribution in [3.05, 3.63) is 34.9 Å². The molecule has 6 atom stereocenters. The third-order valence-corrected chi connectivity index (χ3v) is 11.3. The maximum absolute atomic E-state index is 14.1. The van der Waals surface area contributed by atoms with Crippen molar-refractivity contribution in [2.45, 2.75) is 121 Å². The predicted molar refractivity (Wildman–Crippen MR) is 174 cm³/mol. The van der Waals surface area contributed by atoms with E-state index < -0.39 is 18.4 Å². The number of carbonyl (C=O) groups excluding carboxylic acids is 2. The molecule has 0 spiro atoms. The molecule has 2 amide bonds. The average Bonchev–Trinajstić information content (AvgIpc) is 3.78. The molecular weight excluding hydrogens is 576 g/mol. The number of hydrogen-bond donors (Lipinski definition) is 1. The van der Waals surface area contributed by atoms with Crippen molar-refractivity contribution in [2.24, 2.45) is 11.8 Å². The highest BCUT2D eigenvalue weighted by atomic mass is 35.5. The molecule has 5 rings (SSSR count). The number of carbonyl (C=O) groups is 2. The van der Waals surface area contributed by atoms with Gasteiger partial charge in [-0.1, -0.05) is 30.7 Å². The molecule has 9 heteroatoms. The Hall–Kier alpha value is -1.71. The van der Waals surface area contributed by atoms with E-state index in [0.29, 0.717) is 37.1 Å². The monoisotopic (exact) mass is 630 g/mol. The van der Waals surface area contributed by atoms with Crippen LogP contribution in [0, 0.1) is 11.8 Å². The van der Waals surface area contributed by atoms with Gasteiger partial charge in [-0.15, -0.1) is 0 Å². The van der Waals surface area contributed by atoms with E-state index in [1.165, 1.54) is 0 Å². The lowest BCUT2D eigenvalue weighted by Crippen LogP contribution is -2.54. The molecule has 246 valence electrons. The summed E-state index contributed by atoms with van der Waals surface area (Å²) in [6.45, 7) is 14.2. The van der Waals surface area contributed by atoms with E-state index in [4.69, 9.17) is 16.3 Å². The highest BCUT2D eigenvalue weighted by Crippen LogP contribution is 2.42. The third-order valence-electron chi connectivity index (χ3n) is 11.0. The van der Waals surface area contributed by atoms with Crippen molar-refractivity contribution >= 4 is 23.4 Å².